The molecule has 3 heterocycles. The quantitative estimate of drug-likeness (QED) is 0.735. The van der Waals surface area contributed by atoms with Crippen molar-refractivity contribution in [3.05, 3.63) is 23.8 Å². The Hall–Kier alpha value is -1.34. The normalized spacial score (nSPS) is 39.4. The van der Waals surface area contributed by atoms with Crippen molar-refractivity contribution < 1.29 is 28.4 Å². The Bertz CT molecular complexity index is 781. The highest BCUT2D eigenvalue weighted by Gasteiger charge is 2.70. The first-order chi connectivity index (χ1) is 13.6. The highest BCUT2D eigenvalue weighted by atomic mass is 16.9. The summed E-state index contributed by atoms with van der Waals surface area (Å²) in [5.41, 5.74) is 1.19. The second kappa shape index (κ2) is 5.85. The number of hydrogen-bond acceptors (Lipinski definition) is 6. The van der Waals surface area contributed by atoms with Crippen molar-refractivity contribution >= 4 is 0 Å². The number of ether oxygens (including phenoxy) is 6. The molecule has 0 aromatic heterocycles. The first-order valence-corrected chi connectivity index (χ1v) is 10.5. The number of methoxy groups -OCH3 is 1. The molecule has 2 unspecified atom stereocenters. The zero-order chi connectivity index (χ0) is 19.0. The number of rotatable bonds is 1. The molecule has 28 heavy (non-hydrogen) atoms. The van der Waals surface area contributed by atoms with Gasteiger partial charge in [0, 0.05) is 17.9 Å². The Kier molecular flexibility index (Phi) is 3.66. The largest absolute Gasteiger partial charge is 0.497 e. The van der Waals surface area contributed by atoms with Crippen LogP contribution in [0.2, 0.25) is 0 Å². The molecule has 5 aliphatic rings. The maximum absolute atomic E-state index is 6.49. The molecule has 0 N–H and O–H groups in total. The van der Waals surface area contributed by atoms with Crippen LogP contribution in [0.25, 0.3) is 0 Å². The van der Waals surface area contributed by atoms with E-state index in [1.54, 1.807) is 7.11 Å². The molecule has 2 saturated carbocycles. The molecule has 0 bridgehead atoms. The molecule has 6 rings (SSSR count). The second-order valence-corrected chi connectivity index (χ2v) is 8.99. The van der Waals surface area contributed by atoms with Crippen molar-refractivity contribution in [2.75, 3.05) is 33.5 Å². The van der Waals surface area contributed by atoms with Gasteiger partial charge in [-0.2, -0.15) is 0 Å². The lowest BCUT2D eigenvalue weighted by Gasteiger charge is -2.56. The number of benzene rings is 1. The van der Waals surface area contributed by atoms with Crippen LogP contribution in [0.5, 0.6) is 11.5 Å². The van der Waals surface area contributed by atoms with Gasteiger partial charge in [-0.25, -0.2) is 0 Å². The van der Waals surface area contributed by atoms with E-state index in [0.717, 1.165) is 37.2 Å². The third-order valence-corrected chi connectivity index (χ3v) is 8.04. The van der Waals surface area contributed by atoms with Crippen LogP contribution in [0.15, 0.2) is 18.2 Å². The standard InChI is InChI=1S/C22H28O6/c1-20-7-5-16-15-4-3-14(23-2)13-18(15)28-22(26-11-12-27-22)19(16)17(20)6-8-21(20)24-9-10-25-21/h3-4,13,16-17,19H,5-12H2,1-2H3/t16?,17?,19-,20+/m1/s1. The molecule has 4 fully saturated rings. The SMILES string of the molecule is COc1ccc2c(c1)OC1(OCCO1)[C@@H]1C2CC[C@@]2(C)C1CCC21OCCO1. The lowest BCUT2D eigenvalue weighted by molar-refractivity contribution is -0.352. The van der Waals surface area contributed by atoms with E-state index in [-0.39, 0.29) is 11.3 Å². The summed E-state index contributed by atoms with van der Waals surface area (Å²) in [5.74, 6) is 0.969. The number of fused-ring (bicyclic) bond motifs is 7. The Labute approximate surface area is 165 Å². The Morgan fingerprint density at radius 2 is 1.71 bits per heavy atom. The van der Waals surface area contributed by atoms with E-state index in [4.69, 9.17) is 28.4 Å². The van der Waals surface area contributed by atoms with Crippen LogP contribution in [0.1, 0.15) is 44.1 Å². The van der Waals surface area contributed by atoms with Crippen molar-refractivity contribution in [2.24, 2.45) is 17.3 Å². The second-order valence-electron chi connectivity index (χ2n) is 8.99. The van der Waals surface area contributed by atoms with Gasteiger partial charge in [-0.15, -0.1) is 0 Å². The zero-order valence-corrected chi connectivity index (χ0v) is 16.6. The van der Waals surface area contributed by atoms with E-state index in [1.807, 2.05) is 12.1 Å². The van der Waals surface area contributed by atoms with E-state index in [2.05, 4.69) is 13.0 Å². The summed E-state index contributed by atoms with van der Waals surface area (Å²) >= 11 is 0. The van der Waals surface area contributed by atoms with Gasteiger partial charge < -0.3 is 28.4 Å². The van der Waals surface area contributed by atoms with E-state index in [9.17, 15) is 0 Å². The molecule has 1 aromatic carbocycles. The monoisotopic (exact) mass is 388 g/mol. The van der Waals surface area contributed by atoms with Crippen LogP contribution < -0.4 is 9.47 Å². The van der Waals surface area contributed by atoms with Gasteiger partial charge in [-0.3, -0.25) is 0 Å². The van der Waals surface area contributed by atoms with E-state index < -0.39 is 11.8 Å². The van der Waals surface area contributed by atoms with Crippen LogP contribution in [0.3, 0.4) is 0 Å². The van der Waals surface area contributed by atoms with Gasteiger partial charge in [0.05, 0.1) is 39.5 Å². The third kappa shape index (κ3) is 2.07. The van der Waals surface area contributed by atoms with Gasteiger partial charge in [0.2, 0.25) is 0 Å². The van der Waals surface area contributed by atoms with Gasteiger partial charge >= 0.3 is 5.97 Å². The molecule has 2 saturated heterocycles. The molecule has 4 atom stereocenters. The first kappa shape index (κ1) is 17.5. The van der Waals surface area contributed by atoms with Gasteiger partial charge in [-0.1, -0.05) is 13.0 Å². The molecule has 1 aromatic rings. The summed E-state index contributed by atoms with van der Waals surface area (Å²) < 4.78 is 36.8. The summed E-state index contributed by atoms with van der Waals surface area (Å²) in [6, 6.07) is 6.15. The minimum absolute atomic E-state index is 0.0552. The van der Waals surface area contributed by atoms with Crippen LogP contribution in [0.4, 0.5) is 0 Å². The van der Waals surface area contributed by atoms with Gasteiger partial charge in [-0.05, 0) is 42.7 Å². The average Bonchev–Trinajstić information content (AvgIpc) is 3.43. The van der Waals surface area contributed by atoms with Gasteiger partial charge in [0.15, 0.2) is 5.79 Å². The maximum atomic E-state index is 6.49. The Balaban J connectivity index is 1.46. The molecule has 2 aliphatic carbocycles. The fourth-order valence-electron chi connectivity index (χ4n) is 6.79. The smallest absolute Gasteiger partial charge is 0.330 e. The van der Waals surface area contributed by atoms with Crippen molar-refractivity contribution in [1.82, 2.24) is 0 Å². The van der Waals surface area contributed by atoms with E-state index in [1.165, 1.54) is 5.56 Å². The number of hydrogen-bond donors (Lipinski definition) is 0. The van der Waals surface area contributed by atoms with Gasteiger partial charge in [0.25, 0.3) is 0 Å². The Morgan fingerprint density at radius 3 is 2.46 bits per heavy atom. The fourth-order valence-corrected chi connectivity index (χ4v) is 6.79. The predicted octanol–water partition coefficient (Wildman–Crippen LogP) is 3.44. The van der Waals surface area contributed by atoms with Crippen molar-refractivity contribution in [3.63, 3.8) is 0 Å². The highest BCUT2D eigenvalue weighted by molar-refractivity contribution is 5.46. The molecular weight excluding hydrogens is 360 g/mol. The molecule has 2 spiro atoms. The predicted molar refractivity (Wildman–Crippen MR) is 99.2 cm³/mol. The highest BCUT2D eigenvalue weighted by Crippen LogP contribution is 2.68. The first-order valence-electron chi connectivity index (χ1n) is 10.5. The van der Waals surface area contributed by atoms with Gasteiger partial charge in [0.1, 0.15) is 11.5 Å². The lowest BCUT2D eigenvalue weighted by atomic mass is 9.56. The maximum Gasteiger partial charge on any atom is 0.330 e. The Morgan fingerprint density at radius 1 is 0.964 bits per heavy atom. The van der Waals surface area contributed by atoms with Crippen LogP contribution in [0, 0.1) is 17.3 Å². The minimum atomic E-state index is -1.01. The lowest BCUT2D eigenvalue weighted by Crippen LogP contribution is -2.60. The minimum Gasteiger partial charge on any atom is -0.497 e. The summed E-state index contributed by atoms with van der Waals surface area (Å²) in [5, 5.41) is 0. The van der Waals surface area contributed by atoms with Crippen molar-refractivity contribution in [2.45, 2.75) is 50.3 Å². The molecule has 0 amide bonds. The summed E-state index contributed by atoms with van der Waals surface area (Å²) in [7, 11) is 1.68. The molecule has 0 radical (unpaired) electrons. The molecule has 3 aliphatic heterocycles. The van der Waals surface area contributed by atoms with Crippen LogP contribution in [-0.2, 0) is 18.9 Å². The molecular formula is C22H28O6. The van der Waals surface area contributed by atoms with Crippen molar-refractivity contribution in [1.29, 1.82) is 0 Å². The molecule has 6 nitrogen and oxygen atoms in total. The van der Waals surface area contributed by atoms with Crippen LogP contribution >= 0.6 is 0 Å². The van der Waals surface area contributed by atoms with Crippen LogP contribution in [-0.4, -0.2) is 45.3 Å². The fraction of sp³-hybridized carbons (Fsp3) is 0.727. The topological polar surface area (TPSA) is 55.4 Å². The zero-order valence-electron chi connectivity index (χ0n) is 16.6. The summed E-state index contributed by atoms with van der Waals surface area (Å²) in [6.45, 7) is 4.84. The summed E-state index contributed by atoms with van der Waals surface area (Å²) in [4.78, 5) is 0. The van der Waals surface area contributed by atoms with Crippen molar-refractivity contribution in [3.8, 4) is 11.5 Å². The third-order valence-electron chi connectivity index (χ3n) is 8.04. The molecule has 152 valence electrons. The average molecular weight is 388 g/mol. The van der Waals surface area contributed by atoms with E-state index in [0.29, 0.717) is 38.3 Å². The molecule has 6 heteroatoms. The van der Waals surface area contributed by atoms with E-state index >= 15 is 0 Å². The summed E-state index contributed by atoms with van der Waals surface area (Å²) in [6.07, 6.45) is 4.09.